The fourth-order valence-electron chi connectivity index (χ4n) is 1.98. The van der Waals surface area contributed by atoms with Gasteiger partial charge in [-0.3, -0.25) is 9.59 Å². The molecule has 0 heterocycles. The topological polar surface area (TPSA) is 78.4 Å². The lowest BCUT2D eigenvalue weighted by Crippen LogP contribution is -2.45. The predicted molar refractivity (Wildman–Crippen MR) is 87.4 cm³/mol. The molecule has 5 nitrogen and oxygen atoms in total. The van der Waals surface area contributed by atoms with Crippen LogP contribution < -0.4 is 10.6 Å². The fraction of sp³-hybridized carbons (Fsp3) is 0.412. The number of carbonyl (C=O) groups is 2. The molecule has 1 aromatic carbocycles. The summed E-state index contributed by atoms with van der Waals surface area (Å²) in [5.41, 5.74) is 1.01. The highest BCUT2D eigenvalue weighted by atomic mass is 16.3. The Bertz CT molecular complexity index is 537. The summed E-state index contributed by atoms with van der Waals surface area (Å²) in [6.45, 7) is 3.92. The number of aliphatic hydroxyl groups is 1. The van der Waals surface area contributed by atoms with Gasteiger partial charge in [0.05, 0.1) is 0 Å². The molecule has 0 aliphatic rings. The largest absolute Gasteiger partial charge is 0.396 e. The second-order valence-corrected chi connectivity index (χ2v) is 5.41. The molecule has 0 radical (unpaired) electrons. The van der Waals surface area contributed by atoms with Gasteiger partial charge >= 0.3 is 0 Å². The molecule has 1 rings (SSSR count). The van der Waals surface area contributed by atoms with Crippen LogP contribution in [0.25, 0.3) is 6.08 Å². The SMILES string of the molecule is CCC(C)(CCO)NC(=O)/C=C/c1ccc(C(=O)NC)cc1. The zero-order valence-electron chi connectivity index (χ0n) is 13.3. The van der Waals surface area contributed by atoms with Gasteiger partial charge in [-0.05, 0) is 43.5 Å². The first kappa shape index (κ1) is 17.9. The van der Waals surface area contributed by atoms with Gasteiger partial charge in [-0.25, -0.2) is 0 Å². The molecule has 0 spiro atoms. The molecule has 0 fully saturated rings. The van der Waals surface area contributed by atoms with E-state index in [1.807, 2.05) is 13.8 Å². The Hall–Kier alpha value is -2.14. The second-order valence-electron chi connectivity index (χ2n) is 5.41. The van der Waals surface area contributed by atoms with E-state index in [1.165, 1.54) is 6.08 Å². The molecule has 0 aromatic heterocycles. The first-order chi connectivity index (χ1) is 10.4. The first-order valence-electron chi connectivity index (χ1n) is 7.37. The van der Waals surface area contributed by atoms with Gasteiger partial charge in [-0.15, -0.1) is 0 Å². The van der Waals surface area contributed by atoms with Crippen LogP contribution in [0.2, 0.25) is 0 Å². The molecule has 0 aliphatic carbocycles. The highest BCUT2D eigenvalue weighted by molar-refractivity contribution is 5.95. The van der Waals surface area contributed by atoms with Crippen molar-refractivity contribution in [1.29, 1.82) is 0 Å². The van der Waals surface area contributed by atoms with Crippen molar-refractivity contribution in [2.75, 3.05) is 13.7 Å². The third kappa shape index (κ3) is 5.33. The van der Waals surface area contributed by atoms with Crippen LogP contribution in [0.15, 0.2) is 30.3 Å². The van der Waals surface area contributed by atoms with Gasteiger partial charge in [-0.1, -0.05) is 19.1 Å². The van der Waals surface area contributed by atoms with Crippen LogP contribution in [0, 0.1) is 0 Å². The number of rotatable bonds is 7. The Morgan fingerprint density at radius 3 is 2.41 bits per heavy atom. The van der Waals surface area contributed by atoms with Crippen LogP contribution in [0.4, 0.5) is 0 Å². The standard InChI is InChI=1S/C17H24N2O3/c1-4-17(2,11-12-20)19-15(21)10-7-13-5-8-14(9-6-13)16(22)18-3/h5-10,20H,4,11-12H2,1-3H3,(H,18,22)(H,19,21)/b10-7+. The van der Waals surface area contributed by atoms with E-state index in [4.69, 9.17) is 5.11 Å². The van der Waals surface area contributed by atoms with Gasteiger partial charge in [-0.2, -0.15) is 0 Å². The van der Waals surface area contributed by atoms with E-state index in [-0.39, 0.29) is 18.4 Å². The smallest absolute Gasteiger partial charge is 0.251 e. The number of amides is 2. The molecule has 3 N–H and O–H groups in total. The van der Waals surface area contributed by atoms with Crippen LogP contribution in [0.3, 0.4) is 0 Å². The van der Waals surface area contributed by atoms with Crippen molar-refractivity contribution in [1.82, 2.24) is 10.6 Å². The number of aliphatic hydroxyl groups excluding tert-OH is 1. The molecule has 5 heteroatoms. The van der Waals surface area contributed by atoms with Gasteiger partial charge < -0.3 is 15.7 Å². The molecule has 120 valence electrons. The van der Waals surface area contributed by atoms with Crippen molar-refractivity contribution >= 4 is 17.9 Å². The Morgan fingerprint density at radius 2 is 1.91 bits per heavy atom. The third-order valence-corrected chi connectivity index (χ3v) is 3.70. The zero-order valence-corrected chi connectivity index (χ0v) is 13.3. The van der Waals surface area contributed by atoms with E-state index in [0.717, 1.165) is 12.0 Å². The minimum Gasteiger partial charge on any atom is -0.396 e. The minimum atomic E-state index is -0.404. The van der Waals surface area contributed by atoms with Gasteiger partial charge in [0.15, 0.2) is 0 Å². The van der Waals surface area contributed by atoms with Crippen molar-refractivity contribution in [3.8, 4) is 0 Å². The fourth-order valence-corrected chi connectivity index (χ4v) is 1.98. The van der Waals surface area contributed by atoms with Crippen molar-refractivity contribution in [2.45, 2.75) is 32.2 Å². The summed E-state index contributed by atoms with van der Waals surface area (Å²) in [4.78, 5) is 23.4. The van der Waals surface area contributed by atoms with Crippen molar-refractivity contribution in [3.63, 3.8) is 0 Å². The maximum absolute atomic E-state index is 11.9. The summed E-state index contributed by atoms with van der Waals surface area (Å²) in [6, 6.07) is 6.97. The minimum absolute atomic E-state index is 0.0370. The van der Waals surface area contributed by atoms with Crippen molar-refractivity contribution < 1.29 is 14.7 Å². The van der Waals surface area contributed by atoms with E-state index >= 15 is 0 Å². The number of nitrogens with one attached hydrogen (secondary N) is 2. The van der Waals surface area contributed by atoms with Crippen LogP contribution in [0.1, 0.15) is 42.6 Å². The second kappa shape index (κ2) is 8.34. The molecular weight excluding hydrogens is 280 g/mol. The van der Waals surface area contributed by atoms with Crippen LogP contribution in [-0.2, 0) is 4.79 Å². The normalized spacial score (nSPS) is 13.6. The quantitative estimate of drug-likeness (QED) is 0.671. The average molecular weight is 304 g/mol. The van der Waals surface area contributed by atoms with Crippen LogP contribution in [0.5, 0.6) is 0 Å². The van der Waals surface area contributed by atoms with Crippen molar-refractivity contribution in [3.05, 3.63) is 41.5 Å². The Labute approximate surface area is 131 Å². The summed E-state index contributed by atoms with van der Waals surface area (Å²) in [7, 11) is 1.58. The molecule has 1 aromatic rings. The molecular formula is C17H24N2O3. The number of hydrogen-bond donors (Lipinski definition) is 3. The molecule has 0 bridgehead atoms. The van der Waals surface area contributed by atoms with Gasteiger partial charge in [0.25, 0.3) is 5.91 Å². The highest BCUT2D eigenvalue weighted by Gasteiger charge is 2.22. The number of benzene rings is 1. The lowest BCUT2D eigenvalue weighted by atomic mass is 9.95. The lowest BCUT2D eigenvalue weighted by molar-refractivity contribution is -0.118. The Morgan fingerprint density at radius 1 is 1.27 bits per heavy atom. The molecule has 1 unspecified atom stereocenters. The summed E-state index contributed by atoms with van der Waals surface area (Å²) < 4.78 is 0. The molecule has 22 heavy (non-hydrogen) atoms. The molecule has 0 saturated heterocycles. The maximum atomic E-state index is 11.9. The summed E-state index contributed by atoms with van der Waals surface area (Å²) in [5.74, 6) is -0.343. The average Bonchev–Trinajstić information content (AvgIpc) is 2.53. The Balaban J connectivity index is 2.67. The first-order valence-corrected chi connectivity index (χ1v) is 7.37. The van der Waals surface area contributed by atoms with E-state index < -0.39 is 5.54 Å². The lowest BCUT2D eigenvalue weighted by Gasteiger charge is -2.28. The zero-order chi connectivity index (χ0) is 16.6. The number of hydrogen-bond acceptors (Lipinski definition) is 3. The van der Waals surface area contributed by atoms with Crippen molar-refractivity contribution in [2.24, 2.45) is 0 Å². The van der Waals surface area contributed by atoms with Gasteiger partial charge in [0.2, 0.25) is 5.91 Å². The molecule has 0 saturated carbocycles. The molecule has 0 aliphatic heterocycles. The highest BCUT2D eigenvalue weighted by Crippen LogP contribution is 2.14. The van der Waals surface area contributed by atoms with Gasteiger partial charge in [0, 0.05) is 30.8 Å². The number of carbonyl (C=O) groups excluding carboxylic acids is 2. The van der Waals surface area contributed by atoms with E-state index in [2.05, 4.69) is 10.6 Å². The van der Waals surface area contributed by atoms with Gasteiger partial charge in [0.1, 0.15) is 0 Å². The van der Waals surface area contributed by atoms with E-state index in [1.54, 1.807) is 37.4 Å². The predicted octanol–water partition coefficient (Wildman–Crippen LogP) is 1.73. The summed E-state index contributed by atoms with van der Waals surface area (Å²) in [6.07, 6.45) is 4.41. The maximum Gasteiger partial charge on any atom is 0.251 e. The Kier molecular flexibility index (Phi) is 6.79. The van der Waals surface area contributed by atoms with Crippen LogP contribution >= 0.6 is 0 Å². The monoisotopic (exact) mass is 304 g/mol. The summed E-state index contributed by atoms with van der Waals surface area (Å²) in [5, 5.41) is 14.5. The third-order valence-electron chi connectivity index (χ3n) is 3.70. The van der Waals surface area contributed by atoms with E-state index in [0.29, 0.717) is 12.0 Å². The van der Waals surface area contributed by atoms with Crippen LogP contribution in [-0.4, -0.2) is 36.1 Å². The van der Waals surface area contributed by atoms with E-state index in [9.17, 15) is 9.59 Å². The molecule has 2 amide bonds. The molecule has 1 atom stereocenters. The summed E-state index contributed by atoms with van der Waals surface area (Å²) >= 11 is 0.